The lowest BCUT2D eigenvalue weighted by Gasteiger charge is -2.32. The van der Waals surface area contributed by atoms with Crippen molar-refractivity contribution in [3.05, 3.63) is 84.4 Å². The van der Waals surface area contributed by atoms with Crippen LogP contribution in [-0.2, 0) is 6.54 Å². The van der Waals surface area contributed by atoms with Crippen molar-refractivity contribution in [2.75, 3.05) is 39.7 Å². The first-order chi connectivity index (χ1) is 19.6. The fraction of sp³-hybridized carbons (Fsp3) is 0.273. The Morgan fingerprint density at radius 3 is 2.25 bits per heavy atom. The molecule has 7 heteroatoms. The lowest BCUT2D eigenvalue weighted by molar-refractivity contribution is 0.211. The van der Waals surface area contributed by atoms with Crippen molar-refractivity contribution in [1.82, 2.24) is 15.1 Å². The van der Waals surface area contributed by atoms with Crippen LogP contribution in [0.15, 0.2) is 78.9 Å². The maximum Gasteiger partial charge on any atom is 0.157 e. The Morgan fingerprint density at radius 2 is 1.52 bits per heavy atom. The summed E-state index contributed by atoms with van der Waals surface area (Å²) < 4.78 is 16.8. The van der Waals surface area contributed by atoms with Gasteiger partial charge >= 0.3 is 0 Å². The quantitative estimate of drug-likeness (QED) is 0.242. The second-order valence-electron chi connectivity index (χ2n) is 10.3. The van der Waals surface area contributed by atoms with E-state index < -0.39 is 0 Å². The number of anilines is 1. The topological polar surface area (TPSA) is 68.7 Å². The minimum atomic E-state index is 0.300. The molecule has 1 aliphatic heterocycles. The summed E-state index contributed by atoms with van der Waals surface area (Å²) in [4.78, 5) is 2.53. The second-order valence-corrected chi connectivity index (χ2v) is 10.3. The van der Waals surface area contributed by atoms with Gasteiger partial charge in [0.25, 0.3) is 0 Å². The maximum absolute atomic E-state index is 5.81. The number of hydrogen-bond donors (Lipinski definition) is 1. The van der Waals surface area contributed by atoms with E-state index in [9.17, 15) is 0 Å². The highest BCUT2D eigenvalue weighted by Gasteiger charge is 2.23. The van der Waals surface area contributed by atoms with Gasteiger partial charge in [0.2, 0.25) is 0 Å². The van der Waals surface area contributed by atoms with Gasteiger partial charge in [-0.2, -0.15) is 0 Å². The number of fused-ring (bicyclic) bond motifs is 2. The zero-order chi connectivity index (χ0) is 27.5. The molecule has 5 aromatic rings. The standard InChI is InChI=1S/C33H34N4O3/c1-38-27-12-10-24(11-13-27)32-31-29(19-28(39-2)20-30(31)40-3)33(36-35-32)34-26-14-16-37(17-15-26)21-22-8-9-23-6-4-5-7-25(23)18-22/h4-13,18-20,26H,14-17,21H2,1-3H3,(H,34,36). The Hall–Kier alpha value is -4.36. The number of hydrogen-bond acceptors (Lipinski definition) is 7. The third-order valence-electron chi connectivity index (χ3n) is 7.79. The third kappa shape index (κ3) is 5.25. The highest BCUT2D eigenvalue weighted by atomic mass is 16.5. The minimum Gasteiger partial charge on any atom is -0.497 e. The van der Waals surface area contributed by atoms with Gasteiger partial charge < -0.3 is 19.5 Å². The van der Waals surface area contributed by atoms with Crippen molar-refractivity contribution in [3.8, 4) is 28.5 Å². The van der Waals surface area contributed by atoms with Crippen LogP contribution >= 0.6 is 0 Å². The lowest BCUT2D eigenvalue weighted by Crippen LogP contribution is -2.38. The number of nitrogens with zero attached hydrogens (tertiary/aromatic N) is 3. The van der Waals surface area contributed by atoms with Gasteiger partial charge in [0.15, 0.2) is 5.82 Å². The van der Waals surface area contributed by atoms with Gasteiger partial charge in [0.1, 0.15) is 22.9 Å². The van der Waals surface area contributed by atoms with E-state index in [4.69, 9.17) is 14.2 Å². The second kappa shape index (κ2) is 11.4. The normalized spacial score (nSPS) is 14.4. The number of methoxy groups -OCH3 is 3. The van der Waals surface area contributed by atoms with Gasteiger partial charge in [-0.3, -0.25) is 4.90 Å². The molecule has 0 amide bonds. The van der Waals surface area contributed by atoms with E-state index in [1.807, 2.05) is 36.4 Å². The van der Waals surface area contributed by atoms with E-state index in [1.165, 1.54) is 16.3 Å². The number of aromatic nitrogens is 2. The molecule has 0 aliphatic carbocycles. The summed E-state index contributed by atoms with van der Waals surface area (Å²) in [5.41, 5.74) is 3.05. The van der Waals surface area contributed by atoms with E-state index in [0.717, 1.165) is 66.1 Å². The van der Waals surface area contributed by atoms with Crippen LogP contribution in [0.25, 0.3) is 32.8 Å². The van der Waals surface area contributed by atoms with Crippen molar-refractivity contribution in [3.63, 3.8) is 0 Å². The van der Waals surface area contributed by atoms with Crippen molar-refractivity contribution >= 4 is 27.4 Å². The van der Waals surface area contributed by atoms with Crippen LogP contribution in [0.4, 0.5) is 5.82 Å². The summed E-state index contributed by atoms with van der Waals surface area (Å²) in [6.07, 6.45) is 2.05. The molecule has 1 N–H and O–H groups in total. The molecule has 204 valence electrons. The van der Waals surface area contributed by atoms with Crippen LogP contribution < -0.4 is 19.5 Å². The summed E-state index contributed by atoms with van der Waals surface area (Å²) >= 11 is 0. The number of benzene rings is 4. The fourth-order valence-electron chi connectivity index (χ4n) is 5.59. The number of rotatable bonds is 8. The van der Waals surface area contributed by atoms with Crippen molar-refractivity contribution in [2.45, 2.75) is 25.4 Å². The molecular weight excluding hydrogens is 500 g/mol. The summed E-state index contributed by atoms with van der Waals surface area (Å²) in [5, 5.41) is 17.5. The van der Waals surface area contributed by atoms with Gasteiger partial charge in [0.05, 0.1) is 26.7 Å². The van der Waals surface area contributed by atoms with Crippen molar-refractivity contribution in [2.24, 2.45) is 0 Å². The van der Waals surface area contributed by atoms with E-state index >= 15 is 0 Å². The van der Waals surface area contributed by atoms with Crippen molar-refractivity contribution in [1.29, 1.82) is 0 Å². The van der Waals surface area contributed by atoms with Crippen LogP contribution in [0, 0.1) is 0 Å². The molecule has 0 unspecified atom stereocenters. The number of ether oxygens (including phenoxy) is 3. The molecular formula is C33H34N4O3. The summed E-state index contributed by atoms with van der Waals surface area (Å²) in [5.74, 6) is 2.95. The molecule has 1 saturated heterocycles. The average Bonchev–Trinajstić information content (AvgIpc) is 3.01. The Labute approximate surface area is 234 Å². The molecule has 0 radical (unpaired) electrons. The number of likely N-dealkylation sites (tertiary alicyclic amines) is 1. The summed E-state index contributed by atoms with van der Waals surface area (Å²) in [7, 11) is 5.00. The Morgan fingerprint density at radius 1 is 0.775 bits per heavy atom. The molecule has 0 atom stereocenters. The molecule has 7 nitrogen and oxygen atoms in total. The Kier molecular flexibility index (Phi) is 7.38. The lowest BCUT2D eigenvalue weighted by atomic mass is 10.0. The van der Waals surface area contributed by atoms with Crippen LogP contribution in [0.1, 0.15) is 18.4 Å². The Bertz CT molecular complexity index is 1630. The van der Waals surface area contributed by atoms with Gasteiger partial charge in [0, 0.05) is 42.7 Å². The van der Waals surface area contributed by atoms with E-state index in [-0.39, 0.29) is 0 Å². The number of piperidine rings is 1. The third-order valence-corrected chi connectivity index (χ3v) is 7.79. The van der Waals surface area contributed by atoms with Gasteiger partial charge in [-0.05, 0) is 65.6 Å². The first kappa shape index (κ1) is 25.9. The maximum atomic E-state index is 5.81. The fourth-order valence-corrected chi connectivity index (χ4v) is 5.59. The highest BCUT2D eigenvalue weighted by molar-refractivity contribution is 6.04. The first-order valence-electron chi connectivity index (χ1n) is 13.7. The van der Waals surface area contributed by atoms with Gasteiger partial charge in [-0.1, -0.05) is 36.4 Å². The largest absolute Gasteiger partial charge is 0.497 e. The molecule has 1 aromatic heterocycles. The summed E-state index contributed by atoms with van der Waals surface area (Å²) in [6, 6.07) is 27.4. The van der Waals surface area contributed by atoms with Gasteiger partial charge in [-0.25, -0.2) is 0 Å². The molecule has 0 saturated carbocycles. The van der Waals surface area contributed by atoms with E-state index in [1.54, 1.807) is 21.3 Å². The van der Waals surface area contributed by atoms with Crippen LogP contribution in [0.5, 0.6) is 17.2 Å². The number of nitrogens with one attached hydrogen (secondary N) is 1. The SMILES string of the molecule is COc1ccc(-c2nnc(NC3CCN(Cc4ccc5ccccc5c4)CC3)c3cc(OC)cc(OC)c23)cc1. The average molecular weight is 535 g/mol. The van der Waals surface area contributed by atoms with Crippen LogP contribution in [-0.4, -0.2) is 55.6 Å². The zero-order valence-electron chi connectivity index (χ0n) is 23.2. The predicted molar refractivity (Wildman–Crippen MR) is 160 cm³/mol. The molecule has 1 fully saturated rings. The molecule has 1 aliphatic rings. The summed E-state index contributed by atoms with van der Waals surface area (Å²) in [6.45, 7) is 3.00. The van der Waals surface area contributed by atoms with E-state index in [0.29, 0.717) is 17.5 Å². The molecule has 40 heavy (non-hydrogen) atoms. The van der Waals surface area contributed by atoms with Crippen LogP contribution in [0.2, 0.25) is 0 Å². The molecule has 6 rings (SSSR count). The Balaban J connectivity index is 1.23. The van der Waals surface area contributed by atoms with Gasteiger partial charge in [-0.15, -0.1) is 10.2 Å². The molecule has 0 spiro atoms. The zero-order valence-corrected chi connectivity index (χ0v) is 23.2. The molecule has 0 bridgehead atoms. The minimum absolute atomic E-state index is 0.300. The van der Waals surface area contributed by atoms with Crippen molar-refractivity contribution < 1.29 is 14.2 Å². The van der Waals surface area contributed by atoms with E-state index in [2.05, 4.69) is 62.9 Å². The predicted octanol–water partition coefficient (Wildman–Crippen LogP) is 6.55. The smallest absolute Gasteiger partial charge is 0.157 e. The monoisotopic (exact) mass is 534 g/mol. The molecule has 4 aromatic carbocycles. The highest BCUT2D eigenvalue weighted by Crippen LogP contribution is 2.40. The van der Waals surface area contributed by atoms with Crippen LogP contribution in [0.3, 0.4) is 0 Å². The molecule has 2 heterocycles. The first-order valence-corrected chi connectivity index (χ1v) is 13.7.